The van der Waals surface area contributed by atoms with E-state index in [2.05, 4.69) is 0 Å². The molecule has 0 aromatic heterocycles. The van der Waals surface area contributed by atoms with Crippen molar-refractivity contribution in [3.63, 3.8) is 0 Å². The van der Waals surface area contributed by atoms with Crippen LogP contribution in [-0.2, 0) is 9.84 Å². The summed E-state index contributed by atoms with van der Waals surface area (Å²) in [6.45, 7) is 10.8. The third kappa shape index (κ3) is 5.29. The Morgan fingerprint density at radius 2 is 1.04 bits per heavy atom. The summed E-state index contributed by atoms with van der Waals surface area (Å²) >= 11 is 0. The van der Waals surface area contributed by atoms with Crippen LogP contribution in [0.2, 0.25) is 0 Å². The van der Waals surface area contributed by atoms with Crippen molar-refractivity contribution in [1.29, 1.82) is 0 Å². The van der Waals surface area contributed by atoms with Crippen molar-refractivity contribution in [3.05, 3.63) is 36.4 Å². The van der Waals surface area contributed by atoms with Crippen molar-refractivity contribution in [2.75, 3.05) is 0 Å². The van der Waals surface area contributed by atoms with E-state index >= 15 is 0 Å². The third-order valence-electron chi connectivity index (χ3n) is 3.32. The molecule has 0 fully saturated rings. The monoisotopic (exact) mass is 394 g/mol. The van der Waals surface area contributed by atoms with Gasteiger partial charge >= 0.3 is 0 Å². The molecule has 0 atom stereocenters. The minimum atomic E-state index is -3.91. The van der Waals surface area contributed by atoms with E-state index in [0.717, 1.165) is 0 Å². The molecule has 0 saturated heterocycles. The lowest BCUT2D eigenvalue weighted by Crippen LogP contribution is -2.23. The molecule has 148 valence electrons. The average molecular weight is 394 g/mol. The van der Waals surface area contributed by atoms with Crippen LogP contribution in [0.15, 0.2) is 46.2 Å². The lowest BCUT2D eigenvalue weighted by Gasteiger charge is -2.23. The first-order valence-electron chi connectivity index (χ1n) is 8.48. The molecule has 2 rings (SSSR count). The lowest BCUT2D eigenvalue weighted by atomic mass is 10.2. The van der Waals surface area contributed by atoms with Crippen molar-refractivity contribution in [1.82, 2.24) is 0 Å². The Hall–Kier alpha value is -2.41. The first kappa shape index (κ1) is 20.9. The summed E-state index contributed by atoms with van der Waals surface area (Å²) in [5, 5.41) is 19.9. The first-order chi connectivity index (χ1) is 12.2. The highest BCUT2D eigenvalue weighted by molar-refractivity contribution is 7.91. The zero-order valence-electron chi connectivity index (χ0n) is 16.4. The van der Waals surface area contributed by atoms with Crippen LogP contribution < -0.4 is 9.47 Å². The van der Waals surface area contributed by atoms with Crippen molar-refractivity contribution >= 4 is 9.84 Å². The standard InChI is InChI=1S/C20H26O6S/c1-19(2,3)25-17-11-13(7-9-15(17)21)27(23,24)14-8-10-16(22)18(12-14)26-20(4,5)6/h7-12,21-22H,1-6H3. The fraction of sp³-hybridized carbons (Fsp3) is 0.400. The van der Waals surface area contributed by atoms with Crippen LogP contribution in [0.5, 0.6) is 23.0 Å². The predicted octanol–water partition coefficient (Wildman–Crippen LogP) is 4.29. The van der Waals surface area contributed by atoms with Gasteiger partial charge in [-0.1, -0.05) is 0 Å². The Morgan fingerprint density at radius 3 is 1.33 bits per heavy atom. The fourth-order valence-electron chi connectivity index (χ4n) is 2.28. The van der Waals surface area contributed by atoms with Crippen molar-refractivity contribution in [2.24, 2.45) is 0 Å². The van der Waals surface area contributed by atoms with Crippen molar-refractivity contribution < 1.29 is 28.1 Å². The Kier molecular flexibility index (Phi) is 5.39. The summed E-state index contributed by atoms with van der Waals surface area (Å²) in [4.78, 5) is -0.0705. The van der Waals surface area contributed by atoms with E-state index in [9.17, 15) is 18.6 Å². The van der Waals surface area contributed by atoms with E-state index in [1.807, 2.05) is 0 Å². The second-order valence-corrected chi connectivity index (χ2v) is 10.1. The number of hydrogen-bond donors (Lipinski definition) is 2. The second kappa shape index (κ2) is 6.96. The van der Waals surface area contributed by atoms with Gasteiger partial charge < -0.3 is 19.7 Å². The van der Waals surface area contributed by atoms with Gasteiger partial charge in [0.15, 0.2) is 23.0 Å². The van der Waals surface area contributed by atoms with Gasteiger partial charge in [-0.15, -0.1) is 0 Å². The number of benzene rings is 2. The summed E-state index contributed by atoms with van der Waals surface area (Å²) in [5.74, 6) is -0.139. The third-order valence-corrected chi connectivity index (χ3v) is 5.06. The summed E-state index contributed by atoms with van der Waals surface area (Å²) < 4.78 is 37.3. The minimum Gasteiger partial charge on any atom is -0.504 e. The van der Waals surface area contributed by atoms with Gasteiger partial charge in [0.05, 0.1) is 9.79 Å². The Balaban J connectivity index is 2.50. The molecule has 0 aliphatic rings. The minimum absolute atomic E-state index is 0.0352. The van der Waals surface area contributed by atoms with E-state index in [4.69, 9.17) is 9.47 Å². The molecule has 2 N–H and O–H groups in total. The van der Waals surface area contributed by atoms with Crippen molar-refractivity contribution in [2.45, 2.75) is 62.5 Å². The molecule has 0 aliphatic carbocycles. The highest BCUT2D eigenvalue weighted by Crippen LogP contribution is 2.36. The van der Waals surface area contributed by atoms with Crippen LogP contribution in [0.3, 0.4) is 0 Å². The molecule has 0 radical (unpaired) electrons. The number of ether oxygens (including phenoxy) is 2. The number of phenols is 2. The number of sulfone groups is 1. The molecule has 7 heteroatoms. The van der Waals surface area contributed by atoms with Gasteiger partial charge in [-0.25, -0.2) is 8.42 Å². The zero-order valence-corrected chi connectivity index (χ0v) is 17.2. The van der Waals surface area contributed by atoms with Crippen molar-refractivity contribution in [3.8, 4) is 23.0 Å². The van der Waals surface area contributed by atoms with Crippen LogP contribution >= 0.6 is 0 Å². The second-order valence-electron chi connectivity index (χ2n) is 8.19. The maximum absolute atomic E-state index is 13.0. The summed E-state index contributed by atoms with van der Waals surface area (Å²) in [5.41, 5.74) is -1.21. The Morgan fingerprint density at radius 1 is 0.704 bits per heavy atom. The summed E-state index contributed by atoms with van der Waals surface area (Å²) in [7, 11) is -3.91. The highest BCUT2D eigenvalue weighted by atomic mass is 32.2. The zero-order chi connectivity index (χ0) is 20.6. The van der Waals surface area contributed by atoms with Gasteiger partial charge in [0.2, 0.25) is 9.84 Å². The number of phenolic OH excluding ortho intramolecular Hbond substituents is 2. The molecule has 0 spiro atoms. The Labute approximate surface area is 160 Å². The van der Waals surface area contributed by atoms with Gasteiger partial charge in [-0.05, 0) is 65.8 Å². The van der Waals surface area contributed by atoms with Crippen LogP contribution in [0.1, 0.15) is 41.5 Å². The van der Waals surface area contributed by atoms with E-state index in [1.165, 1.54) is 36.4 Å². The van der Waals surface area contributed by atoms with Gasteiger partial charge in [0.1, 0.15) is 11.2 Å². The lowest BCUT2D eigenvalue weighted by molar-refractivity contribution is 0.125. The maximum atomic E-state index is 13.0. The molecular weight excluding hydrogens is 368 g/mol. The van der Waals surface area contributed by atoms with Gasteiger partial charge in [0, 0.05) is 12.1 Å². The molecule has 0 bridgehead atoms. The molecule has 2 aromatic rings. The number of rotatable bonds is 4. The van der Waals surface area contributed by atoms with Gasteiger partial charge in [0.25, 0.3) is 0 Å². The van der Waals surface area contributed by atoms with E-state index in [1.54, 1.807) is 41.5 Å². The molecule has 0 amide bonds. The van der Waals surface area contributed by atoms with Crippen LogP contribution in [-0.4, -0.2) is 29.8 Å². The molecule has 0 aliphatic heterocycles. The number of aromatic hydroxyl groups is 2. The van der Waals surface area contributed by atoms with Gasteiger partial charge in [-0.2, -0.15) is 0 Å². The predicted molar refractivity (Wildman–Crippen MR) is 102 cm³/mol. The molecule has 0 saturated carbocycles. The maximum Gasteiger partial charge on any atom is 0.206 e. The van der Waals surface area contributed by atoms with E-state index in [0.29, 0.717) is 0 Å². The van der Waals surface area contributed by atoms with Gasteiger partial charge in [-0.3, -0.25) is 0 Å². The van der Waals surface area contributed by atoms with Crippen LogP contribution in [0.4, 0.5) is 0 Å². The molecular formula is C20H26O6S. The highest BCUT2D eigenvalue weighted by Gasteiger charge is 2.24. The summed E-state index contributed by atoms with van der Waals surface area (Å²) in [6.07, 6.45) is 0. The van der Waals surface area contributed by atoms with E-state index < -0.39 is 21.0 Å². The largest absolute Gasteiger partial charge is 0.504 e. The Bertz CT molecular complexity index is 862. The fourth-order valence-corrected chi connectivity index (χ4v) is 3.57. The quantitative estimate of drug-likeness (QED) is 0.804. The molecule has 0 unspecified atom stereocenters. The number of hydrogen-bond acceptors (Lipinski definition) is 6. The van der Waals surface area contributed by atoms with E-state index in [-0.39, 0.29) is 32.8 Å². The summed E-state index contributed by atoms with van der Waals surface area (Å²) in [6, 6.07) is 7.73. The molecule has 0 heterocycles. The first-order valence-corrected chi connectivity index (χ1v) is 9.96. The topological polar surface area (TPSA) is 93.1 Å². The SMILES string of the molecule is CC(C)(C)Oc1cc(S(=O)(=O)c2ccc(O)c(OC(C)(C)C)c2)ccc1O. The molecule has 27 heavy (non-hydrogen) atoms. The average Bonchev–Trinajstić information content (AvgIpc) is 2.48. The van der Waals surface area contributed by atoms with Crippen LogP contribution in [0, 0.1) is 0 Å². The smallest absolute Gasteiger partial charge is 0.206 e. The normalized spacial score (nSPS) is 12.7. The van der Waals surface area contributed by atoms with Crippen LogP contribution in [0.25, 0.3) is 0 Å². The molecule has 2 aromatic carbocycles. The molecule has 6 nitrogen and oxygen atoms in total.